The molecule has 0 amide bonds. The lowest BCUT2D eigenvalue weighted by atomic mass is 10.2. The number of fused-ring (bicyclic) bond motifs is 1. The molecule has 24 heavy (non-hydrogen) atoms. The second kappa shape index (κ2) is 7.99. The van der Waals surface area contributed by atoms with Crippen LogP contribution in [0.2, 0.25) is 0 Å². The Morgan fingerprint density at radius 3 is 2.62 bits per heavy atom. The van der Waals surface area contributed by atoms with Gasteiger partial charge in [0, 0.05) is 13.3 Å². The van der Waals surface area contributed by atoms with Crippen LogP contribution in [0.25, 0.3) is 17.1 Å². The van der Waals surface area contributed by atoms with Crippen LogP contribution in [0.3, 0.4) is 0 Å². The van der Waals surface area contributed by atoms with Gasteiger partial charge in [-0.3, -0.25) is 4.99 Å². The molecule has 0 aromatic carbocycles. The van der Waals surface area contributed by atoms with Gasteiger partial charge >= 0.3 is 0 Å². The quantitative estimate of drug-likeness (QED) is 0.730. The third kappa shape index (κ3) is 4.28. The van der Waals surface area contributed by atoms with E-state index in [0.717, 1.165) is 16.4 Å². The van der Waals surface area contributed by atoms with Crippen molar-refractivity contribution in [2.24, 2.45) is 10.9 Å². The molecule has 1 aliphatic carbocycles. The van der Waals surface area contributed by atoms with Gasteiger partial charge in [0.1, 0.15) is 10.6 Å². The molecule has 1 aromatic heterocycles. The van der Waals surface area contributed by atoms with E-state index in [1.807, 2.05) is 46.1 Å². The largest absolute Gasteiger partial charge is 0.436 e. The van der Waals surface area contributed by atoms with Crippen LogP contribution in [0, 0.1) is 5.92 Å². The summed E-state index contributed by atoms with van der Waals surface area (Å²) >= 11 is 1.57. The summed E-state index contributed by atoms with van der Waals surface area (Å²) in [6.07, 6.45) is 12.2. The first-order valence-electron chi connectivity index (χ1n) is 8.37. The molecule has 0 saturated heterocycles. The highest BCUT2D eigenvalue weighted by Gasteiger charge is 2.29. The van der Waals surface area contributed by atoms with Gasteiger partial charge in [-0.05, 0) is 38.0 Å². The summed E-state index contributed by atoms with van der Waals surface area (Å²) < 4.78 is 11.5. The van der Waals surface area contributed by atoms with E-state index in [0.29, 0.717) is 11.8 Å². The van der Waals surface area contributed by atoms with Crippen molar-refractivity contribution in [2.75, 3.05) is 7.11 Å². The Morgan fingerprint density at radius 2 is 1.92 bits per heavy atom. The Balaban J connectivity index is 0.00000100. The normalized spacial score (nSPS) is 28.3. The van der Waals surface area contributed by atoms with Gasteiger partial charge in [0.15, 0.2) is 5.76 Å². The van der Waals surface area contributed by atoms with Crippen molar-refractivity contribution >= 4 is 35.0 Å². The molecule has 0 spiro atoms. The molecular formula is C19H26N2O2S. The zero-order chi connectivity index (χ0) is 17.7. The van der Waals surface area contributed by atoms with Crippen molar-refractivity contribution in [3.05, 3.63) is 35.6 Å². The number of hydrogen-bond donors (Lipinski definition) is 0. The Labute approximate surface area is 148 Å². The van der Waals surface area contributed by atoms with Crippen molar-refractivity contribution < 1.29 is 9.15 Å². The molecule has 0 radical (unpaired) electrons. The predicted molar refractivity (Wildman–Crippen MR) is 104 cm³/mol. The van der Waals surface area contributed by atoms with E-state index in [2.05, 4.69) is 35.1 Å². The summed E-state index contributed by atoms with van der Waals surface area (Å²) in [7, 11) is 1.68. The van der Waals surface area contributed by atoms with Gasteiger partial charge in [-0.1, -0.05) is 44.7 Å². The molecule has 3 rings (SSSR count). The molecule has 1 aromatic rings. The SMILES string of the molecule is CC.COC1(C)C=NC(C)C=C(c2nc3c(o2)C=CC(C)C=C3)S1. The highest BCUT2D eigenvalue weighted by Crippen LogP contribution is 2.40. The second-order valence-corrected chi connectivity index (χ2v) is 7.17. The van der Waals surface area contributed by atoms with Crippen LogP contribution in [0.15, 0.2) is 27.6 Å². The lowest BCUT2D eigenvalue weighted by Gasteiger charge is -2.21. The monoisotopic (exact) mass is 346 g/mol. The smallest absolute Gasteiger partial charge is 0.233 e. The van der Waals surface area contributed by atoms with E-state index in [1.54, 1.807) is 18.9 Å². The van der Waals surface area contributed by atoms with Crippen molar-refractivity contribution in [1.82, 2.24) is 4.98 Å². The molecule has 2 aliphatic rings. The van der Waals surface area contributed by atoms with Crippen molar-refractivity contribution in [3.63, 3.8) is 0 Å². The van der Waals surface area contributed by atoms with Crippen LogP contribution in [0.1, 0.15) is 52.0 Å². The molecule has 0 N–H and O–H groups in total. The molecule has 0 fully saturated rings. The molecule has 1 aliphatic heterocycles. The van der Waals surface area contributed by atoms with E-state index < -0.39 is 4.93 Å². The number of aromatic nitrogens is 1. The standard InChI is InChI=1S/C17H20N2O2S.C2H6/c1-11-5-7-13-14(8-6-11)21-16(19-13)15-9-12(2)18-10-17(3,20-4)22-15;1-2/h5-12H,1-4H3;1-2H3. The fraction of sp³-hybridized carbons (Fsp3) is 0.474. The molecular weight excluding hydrogens is 320 g/mol. The molecule has 3 unspecified atom stereocenters. The number of hydrogen-bond acceptors (Lipinski definition) is 5. The topological polar surface area (TPSA) is 47.6 Å². The van der Waals surface area contributed by atoms with Crippen LogP contribution >= 0.6 is 11.8 Å². The fourth-order valence-electron chi connectivity index (χ4n) is 2.24. The van der Waals surface area contributed by atoms with Crippen LogP contribution in [0.4, 0.5) is 0 Å². The number of rotatable bonds is 2. The minimum atomic E-state index is -0.511. The Kier molecular flexibility index (Phi) is 6.24. The second-order valence-electron chi connectivity index (χ2n) is 5.72. The molecule has 2 heterocycles. The minimum absolute atomic E-state index is 0.0669. The van der Waals surface area contributed by atoms with E-state index in [9.17, 15) is 0 Å². The summed E-state index contributed by atoms with van der Waals surface area (Å²) in [4.78, 5) is 9.57. The first-order chi connectivity index (χ1) is 11.5. The first-order valence-corrected chi connectivity index (χ1v) is 9.19. The van der Waals surface area contributed by atoms with Gasteiger partial charge in [0.05, 0.1) is 10.9 Å². The number of thioether (sulfide) groups is 1. The average molecular weight is 346 g/mol. The third-order valence-electron chi connectivity index (χ3n) is 3.66. The van der Waals surface area contributed by atoms with Gasteiger partial charge in [-0.25, -0.2) is 4.98 Å². The van der Waals surface area contributed by atoms with Crippen molar-refractivity contribution in [3.8, 4) is 0 Å². The number of aliphatic imine (C=N–C) groups is 1. The number of allylic oxidation sites excluding steroid dienone is 2. The lowest BCUT2D eigenvalue weighted by molar-refractivity contribution is 0.147. The summed E-state index contributed by atoms with van der Waals surface area (Å²) in [5, 5.41) is 0. The number of oxazole rings is 1. The first kappa shape index (κ1) is 18.7. The molecule has 0 saturated carbocycles. The zero-order valence-electron chi connectivity index (χ0n) is 15.2. The van der Waals surface area contributed by atoms with Gasteiger partial charge in [-0.15, -0.1) is 0 Å². The number of methoxy groups -OCH3 is 1. The summed E-state index contributed by atoms with van der Waals surface area (Å²) in [6, 6.07) is 0.0669. The summed E-state index contributed by atoms with van der Waals surface area (Å²) in [5.41, 5.74) is 0.869. The van der Waals surface area contributed by atoms with Crippen LogP contribution in [-0.2, 0) is 4.74 Å². The van der Waals surface area contributed by atoms with Crippen LogP contribution in [0.5, 0.6) is 0 Å². The molecule has 0 bridgehead atoms. The molecule has 3 atom stereocenters. The van der Waals surface area contributed by atoms with Gasteiger partial charge in [0.2, 0.25) is 5.89 Å². The maximum atomic E-state index is 5.97. The van der Waals surface area contributed by atoms with Gasteiger partial charge in [0.25, 0.3) is 0 Å². The lowest BCUT2D eigenvalue weighted by Crippen LogP contribution is -2.24. The van der Waals surface area contributed by atoms with Crippen LogP contribution in [-0.4, -0.2) is 29.3 Å². The Morgan fingerprint density at radius 1 is 1.21 bits per heavy atom. The third-order valence-corrected chi connectivity index (χ3v) is 4.86. The van der Waals surface area contributed by atoms with E-state index in [4.69, 9.17) is 9.15 Å². The molecule has 5 heteroatoms. The number of nitrogens with zero attached hydrogens (tertiary/aromatic N) is 2. The van der Waals surface area contributed by atoms with Crippen molar-refractivity contribution in [2.45, 2.75) is 45.6 Å². The van der Waals surface area contributed by atoms with E-state index in [-0.39, 0.29) is 6.04 Å². The van der Waals surface area contributed by atoms with Gasteiger partial charge < -0.3 is 9.15 Å². The molecule has 130 valence electrons. The highest BCUT2D eigenvalue weighted by molar-refractivity contribution is 8.09. The van der Waals surface area contributed by atoms with Crippen molar-refractivity contribution in [1.29, 1.82) is 0 Å². The maximum Gasteiger partial charge on any atom is 0.233 e. The Hall–Kier alpha value is -1.59. The maximum absolute atomic E-state index is 5.97. The average Bonchev–Trinajstić information content (AvgIpc) is 2.84. The van der Waals surface area contributed by atoms with E-state index >= 15 is 0 Å². The molecule has 4 nitrogen and oxygen atoms in total. The Bertz CT molecular complexity index is 656. The zero-order valence-corrected chi connectivity index (χ0v) is 16.1. The highest BCUT2D eigenvalue weighted by atomic mass is 32.2. The predicted octanol–water partition coefficient (Wildman–Crippen LogP) is 5.29. The number of ether oxygens (including phenoxy) is 1. The van der Waals surface area contributed by atoms with Crippen LogP contribution < -0.4 is 0 Å². The fourth-order valence-corrected chi connectivity index (χ4v) is 3.31. The minimum Gasteiger partial charge on any atom is -0.436 e. The summed E-state index contributed by atoms with van der Waals surface area (Å²) in [6.45, 7) is 10.2. The van der Waals surface area contributed by atoms with Gasteiger partial charge in [-0.2, -0.15) is 0 Å². The summed E-state index contributed by atoms with van der Waals surface area (Å²) in [5.74, 6) is 1.82. The van der Waals surface area contributed by atoms with E-state index in [1.165, 1.54) is 0 Å².